The molecule has 0 aliphatic heterocycles. The maximum atomic E-state index is 5.90. The SMILES string of the molecule is CCC(C)OCn1c(Br)nc(Cl)c1Cl. The zero-order valence-electron chi connectivity index (χ0n) is 7.93. The summed E-state index contributed by atoms with van der Waals surface area (Å²) >= 11 is 14.9. The second-order valence-electron chi connectivity index (χ2n) is 2.91. The summed E-state index contributed by atoms with van der Waals surface area (Å²) in [5, 5.41) is 0.674. The number of nitrogens with zero attached hydrogens (tertiary/aromatic N) is 2. The fourth-order valence-corrected chi connectivity index (χ4v) is 1.82. The topological polar surface area (TPSA) is 27.1 Å². The summed E-state index contributed by atoms with van der Waals surface area (Å²) < 4.78 is 7.74. The average Bonchev–Trinajstić information content (AvgIpc) is 2.39. The third-order valence-corrected chi connectivity index (χ3v) is 3.23. The van der Waals surface area contributed by atoms with E-state index >= 15 is 0 Å². The molecule has 0 amide bonds. The second-order valence-corrected chi connectivity index (χ2v) is 4.33. The predicted molar refractivity (Wildman–Crippen MR) is 60.8 cm³/mol. The summed E-state index contributed by atoms with van der Waals surface area (Å²) in [5.74, 6) is 0. The van der Waals surface area contributed by atoms with Gasteiger partial charge in [-0.15, -0.1) is 0 Å². The van der Waals surface area contributed by atoms with Gasteiger partial charge < -0.3 is 4.74 Å². The molecule has 1 heterocycles. The molecule has 80 valence electrons. The monoisotopic (exact) mass is 300 g/mol. The Morgan fingerprint density at radius 3 is 2.64 bits per heavy atom. The van der Waals surface area contributed by atoms with Gasteiger partial charge in [0, 0.05) is 0 Å². The fraction of sp³-hybridized carbons (Fsp3) is 0.625. The number of ether oxygens (including phenoxy) is 1. The van der Waals surface area contributed by atoms with Gasteiger partial charge in [-0.25, -0.2) is 4.98 Å². The molecule has 0 N–H and O–H groups in total. The number of imidazole rings is 1. The second kappa shape index (κ2) is 5.35. The molecule has 0 radical (unpaired) electrons. The molecule has 0 saturated carbocycles. The van der Waals surface area contributed by atoms with Crippen LogP contribution in [0.2, 0.25) is 10.3 Å². The first-order valence-electron chi connectivity index (χ1n) is 4.24. The molecule has 0 spiro atoms. The van der Waals surface area contributed by atoms with Crippen molar-refractivity contribution in [1.29, 1.82) is 0 Å². The third kappa shape index (κ3) is 2.86. The normalized spacial score (nSPS) is 13.2. The van der Waals surface area contributed by atoms with E-state index in [1.165, 1.54) is 0 Å². The minimum Gasteiger partial charge on any atom is -0.358 e. The molecule has 0 aliphatic carbocycles. The number of hydrogen-bond donors (Lipinski definition) is 0. The zero-order valence-corrected chi connectivity index (χ0v) is 11.0. The van der Waals surface area contributed by atoms with Gasteiger partial charge in [0.1, 0.15) is 6.73 Å². The summed E-state index contributed by atoms with van der Waals surface area (Å²) in [6.45, 7) is 4.41. The van der Waals surface area contributed by atoms with E-state index in [1.54, 1.807) is 4.57 Å². The molecule has 0 aromatic carbocycles. The number of aromatic nitrogens is 2. The molecule has 6 heteroatoms. The van der Waals surface area contributed by atoms with Crippen molar-refractivity contribution in [2.24, 2.45) is 0 Å². The molecular weight excluding hydrogens is 291 g/mol. The van der Waals surface area contributed by atoms with Crippen LogP contribution in [0, 0.1) is 0 Å². The quantitative estimate of drug-likeness (QED) is 0.847. The molecule has 1 unspecified atom stereocenters. The van der Waals surface area contributed by atoms with Crippen LogP contribution in [0.5, 0.6) is 0 Å². The highest BCUT2D eigenvalue weighted by Crippen LogP contribution is 2.25. The van der Waals surface area contributed by atoms with Gasteiger partial charge in [-0.1, -0.05) is 30.1 Å². The Morgan fingerprint density at radius 1 is 1.57 bits per heavy atom. The van der Waals surface area contributed by atoms with Crippen LogP contribution >= 0.6 is 39.1 Å². The van der Waals surface area contributed by atoms with Gasteiger partial charge in [-0.05, 0) is 29.3 Å². The van der Waals surface area contributed by atoms with E-state index < -0.39 is 0 Å². The molecule has 3 nitrogen and oxygen atoms in total. The van der Waals surface area contributed by atoms with E-state index in [9.17, 15) is 0 Å². The number of rotatable bonds is 4. The standard InChI is InChI=1S/C8H11BrCl2N2O/c1-3-5(2)14-4-13-7(11)6(10)12-8(13)9/h5H,3-4H2,1-2H3. The average molecular weight is 302 g/mol. The first-order valence-corrected chi connectivity index (χ1v) is 5.79. The van der Waals surface area contributed by atoms with Crippen LogP contribution in [0.4, 0.5) is 0 Å². The lowest BCUT2D eigenvalue weighted by Gasteiger charge is -2.12. The van der Waals surface area contributed by atoms with Crippen molar-refractivity contribution >= 4 is 39.1 Å². The van der Waals surface area contributed by atoms with E-state index in [0.717, 1.165) is 6.42 Å². The van der Waals surface area contributed by atoms with Gasteiger partial charge >= 0.3 is 0 Å². The highest BCUT2D eigenvalue weighted by molar-refractivity contribution is 9.10. The van der Waals surface area contributed by atoms with Crippen molar-refractivity contribution in [3.8, 4) is 0 Å². The molecule has 0 bridgehead atoms. The van der Waals surface area contributed by atoms with Crippen LogP contribution in [0.1, 0.15) is 20.3 Å². The highest BCUT2D eigenvalue weighted by Gasteiger charge is 2.12. The molecule has 0 saturated heterocycles. The first kappa shape index (κ1) is 12.3. The maximum absolute atomic E-state index is 5.90. The van der Waals surface area contributed by atoms with Gasteiger partial charge in [0.05, 0.1) is 6.10 Å². The van der Waals surface area contributed by atoms with E-state index in [2.05, 4.69) is 27.8 Å². The Labute approximate surface area is 101 Å². The molecular formula is C8H11BrCl2N2O. The Balaban J connectivity index is 2.67. The van der Waals surface area contributed by atoms with Crippen LogP contribution < -0.4 is 0 Å². The smallest absolute Gasteiger partial charge is 0.181 e. The third-order valence-electron chi connectivity index (χ3n) is 1.88. The molecule has 14 heavy (non-hydrogen) atoms. The van der Waals surface area contributed by atoms with Crippen LogP contribution in [-0.2, 0) is 11.5 Å². The van der Waals surface area contributed by atoms with Gasteiger partial charge in [0.2, 0.25) is 0 Å². The van der Waals surface area contributed by atoms with Crippen LogP contribution in [0.3, 0.4) is 0 Å². The van der Waals surface area contributed by atoms with Gasteiger partial charge in [0.25, 0.3) is 0 Å². The van der Waals surface area contributed by atoms with Crippen molar-refractivity contribution < 1.29 is 4.74 Å². The van der Waals surface area contributed by atoms with Crippen molar-refractivity contribution in [3.63, 3.8) is 0 Å². The molecule has 1 aromatic rings. The van der Waals surface area contributed by atoms with Crippen molar-refractivity contribution in [2.45, 2.75) is 33.1 Å². The first-order chi connectivity index (χ1) is 6.56. The lowest BCUT2D eigenvalue weighted by molar-refractivity contribution is 0.0150. The highest BCUT2D eigenvalue weighted by atomic mass is 79.9. The fourth-order valence-electron chi connectivity index (χ4n) is 0.809. The van der Waals surface area contributed by atoms with E-state index in [1.807, 2.05) is 6.92 Å². The number of halogens is 3. The van der Waals surface area contributed by atoms with E-state index in [4.69, 9.17) is 27.9 Å². The van der Waals surface area contributed by atoms with Gasteiger partial charge in [-0.3, -0.25) is 4.57 Å². The van der Waals surface area contributed by atoms with Crippen molar-refractivity contribution in [2.75, 3.05) is 0 Å². The minimum atomic E-state index is 0.194. The minimum absolute atomic E-state index is 0.194. The van der Waals surface area contributed by atoms with E-state index in [-0.39, 0.29) is 11.3 Å². The van der Waals surface area contributed by atoms with Gasteiger partial charge in [0.15, 0.2) is 15.0 Å². The Hall–Kier alpha value is 0.230. The van der Waals surface area contributed by atoms with Gasteiger partial charge in [-0.2, -0.15) is 0 Å². The Kier molecular flexibility index (Phi) is 4.70. The summed E-state index contributed by atoms with van der Waals surface area (Å²) in [4.78, 5) is 3.95. The van der Waals surface area contributed by atoms with Crippen molar-refractivity contribution in [1.82, 2.24) is 9.55 Å². The Bertz CT molecular complexity index is 317. The summed E-state index contributed by atoms with van der Waals surface area (Å²) in [6, 6.07) is 0. The summed E-state index contributed by atoms with van der Waals surface area (Å²) in [7, 11) is 0. The van der Waals surface area contributed by atoms with Crippen LogP contribution in [-0.4, -0.2) is 15.7 Å². The molecule has 0 fully saturated rings. The maximum Gasteiger partial charge on any atom is 0.181 e. The lowest BCUT2D eigenvalue weighted by Crippen LogP contribution is -2.11. The summed E-state index contributed by atoms with van der Waals surface area (Å²) in [6.07, 6.45) is 1.15. The zero-order chi connectivity index (χ0) is 10.7. The largest absolute Gasteiger partial charge is 0.358 e. The molecule has 1 rings (SSSR count). The summed E-state index contributed by atoms with van der Waals surface area (Å²) in [5.41, 5.74) is 0. The molecule has 1 aromatic heterocycles. The van der Waals surface area contributed by atoms with Crippen molar-refractivity contribution in [3.05, 3.63) is 15.0 Å². The van der Waals surface area contributed by atoms with Crippen LogP contribution in [0.15, 0.2) is 4.73 Å². The molecule has 1 atom stereocenters. The molecule has 0 aliphatic rings. The number of hydrogen-bond acceptors (Lipinski definition) is 2. The predicted octanol–water partition coefficient (Wildman–Crippen LogP) is 3.73. The lowest BCUT2D eigenvalue weighted by atomic mass is 10.3. The van der Waals surface area contributed by atoms with E-state index in [0.29, 0.717) is 16.6 Å². The Morgan fingerprint density at radius 2 is 2.21 bits per heavy atom. The van der Waals surface area contributed by atoms with Crippen LogP contribution in [0.25, 0.3) is 0 Å².